The molecule has 2 aromatic carbocycles. The molecule has 0 aliphatic carbocycles. The number of aromatic nitrogens is 2. The van der Waals surface area contributed by atoms with Crippen molar-refractivity contribution in [1.29, 1.82) is 0 Å². The molecule has 190 valence electrons. The van der Waals surface area contributed by atoms with Gasteiger partial charge in [-0.2, -0.15) is 5.10 Å². The van der Waals surface area contributed by atoms with Crippen molar-refractivity contribution in [2.24, 2.45) is 5.92 Å². The number of para-hydroxylation sites is 1. The van der Waals surface area contributed by atoms with Crippen LogP contribution in [0.4, 0.5) is 0 Å². The lowest BCUT2D eigenvalue weighted by Gasteiger charge is -2.27. The van der Waals surface area contributed by atoms with Crippen LogP contribution in [0, 0.1) is 12.8 Å². The molecule has 3 aromatic rings. The van der Waals surface area contributed by atoms with Crippen LogP contribution in [0.15, 0.2) is 54.6 Å². The molecule has 0 aliphatic rings. The monoisotopic (exact) mass is 481 g/mol. The Labute approximate surface area is 209 Å². The average Bonchev–Trinajstić information content (AvgIpc) is 3.12. The minimum Gasteiger partial charge on any atom is -0.497 e. The van der Waals surface area contributed by atoms with E-state index in [-0.39, 0.29) is 6.10 Å². The van der Waals surface area contributed by atoms with Gasteiger partial charge in [-0.15, -0.1) is 0 Å². The summed E-state index contributed by atoms with van der Waals surface area (Å²) in [5.74, 6) is 2.48. The van der Waals surface area contributed by atoms with Gasteiger partial charge in [-0.3, -0.25) is 4.90 Å². The molecule has 0 saturated carbocycles. The zero-order valence-corrected chi connectivity index (χ0v) is 21.8. The first-order valence-electron chi connectivity index (χ1n) is 12.2. The Hall–Kier alpha value is -2.87. The number of aryl methyl sites for hydroxylation is 1. The number of rotatable bonds is 13. The third-order valence-corrected chi connectivity index (χ3v) is 5.49. The second-order valence-electron chi connectivity index (χ2n) is 9.52. The second-order valence-corrected chi connectivity index (χ2v) is 9.52. The lowest BCUT2D eigenvalue weighted by atomic mass is 10.1. The Morgan fingerprint density at radius 2 is 1.69 bits per heavy atom. The molecule has 7 heteroatoms. The highest BCUT2D eigenvalue weighted by atomic mass is 16.5. The lowest BCUT2D eigenvalue weighted by molar-refractivity contribution is -0.0109. The Kier molecular flexibility index (Phi) is 9.72. The van der Waals surface area contributed by atoms with Gasteiger partial charge in [0.1, 0.15) is 11.5 Å². The molecule has 1 atom stereocenters. The third-order valence-electron chi connectivity index (χ3n) is 5.49. The molecule has 1 aromatic heterocycles. The maximum atomic E-state index is 10.6. The third kappa shape index (κ3) is 7.82. The van der Waals surface area contributed by atoms with E-state index in [1.54, 1.807) is 7.11 Å². The molecule has 3 rings (SSSR count). The molecular formula is C28H39N3O4. The van der Waals surface area contributed by atoms with Crippen LogP contribution in [-0.4, -0.2) is 58.8 Å². The fourth-order valence-corrected chi connectivity index (χ4v) is 3.94. The minimum absolute atomic E-state index is 0.0809. The van der Waals surface area contributed by atoms with Gasteiger partial charge < -0.3 is 19.3 Å². The first-order valence-corrected chi connectivity index (χ1v) is 12.2. The number of hydrogen-bond acceptors (Lipinski definition) is 6. The summed E-state index contributed by atoms with van der Waals surface area (Å²) >= 11 is 0. The lowest BCUT2D eigenvalue weighted by Crippen LogP contribution is -2.37. The molecule has 1 unspecified atom stereocenters. The number of methoxy groups -OCH3 is 1. The highest BCUT2D eigenvalue weighted by Gasteiger charge is 2.23. The molecule has 0 radical (unpaired) electrons. The molecule has 0 amide bonds. The van der Waals surface area contributed by atoms with Crippen LogP contribution in [0.5, 0.6) is 17.4 Å². The van der Waals surface area contributed by atoms with E-state index >= 15 is 0 Å². The summed E-state index contributed by atoms with van der Waals surface area (Å²) in [7, 11) is 1.64. The molecule has 0 fully saturated rings. The molecule has 7 nitrogen and oxygen atoms in total. The maximum absolute atomic E-state index is 10.6. The van der Waals surface area contributed by atoms with Crippen LogP contribution < -0.4 is 9.47 Å². The fourth-order valence-electron chi connectivity index (χ4n) is 3.94. The molecule has 1 N–H and O–H groups in total. The van der Waals surface area contributed by atoms with Crippen molar-refractivity contribution in [3.8, 4) is 23.1 Å². The summed E-state index contributed by atoms with van der Waals surface area (Å²) in [5, 5.41) is 15.5. The smallest absolute Gasteiger partial charge is 0.227 e. The van der Waals surface area contributed by atoms with Crippen molar-refractivity contribution >= 4 is 0 Å². The van der Waals surface area contributed by atoms with E-state index in [9.17, 15) is 5.11 Å². The van der Waals surface area contributed by atoms with Crippen molar-refractivity contribution in [3.05, 3.63) is 65.9 Å². The molecule has 0 spiro atoms. The number of benzene rings is 2. The summed E-state index contributed by atoms with van der Waals surface area (Å²) in [5.41, 5.74) is 2.78. The van der Waals surface area contributed by atoms with Gasteiger partial charge in [0, 0.05) is 25.7 Å². The molecule has 35 heavy (non-hydrogen) atoms. The van der Waals surface area contributed by atoms with Crippen LogP contribution in [0.25, 0.3) is 5.69 Å². The van der Waals surface area contributed by atoms with E-state index in [1.165, 1.54) is 0 Å². The summed E-state index contributed by atoms with van der Waals surface area (Å²) in [6, 6.07) is 17.5. The first kappa shape index (κ1) is 26.7. The Bertz CT molecular complexity index is 1050. The first-order chi connectivity index (χ1) is 16.8. The van der Waals surface area contributed by atoms with Gasteiger partial charge in [0.05, 0.1) is 42.9 Å². The normalized spacial score (nSPS) is 12.5. The van der Waals surface area contributed by atoms with Crippen LogP contribution in [-0.2, 0) is 11.3 Å². The van der Waals surface area contributed by atoms with Crippen LogP contribution in [0.1, 0.15) is 39.0 Å². The van der Waals surface area contributed by atoms with E-state index in [0.717, 1.165) is 29.2 Å². The van der Waals surface area contributed by atoms with E-state index in [0.29, 0.717) is 37.2 Å². The van der Waals surface area contributed by atoms with Gasteiger partial charge in [-0.05, 0) is 51.0 Å². The number of aliphatic hydroxyl groups is 1. The number of nitrogens with zero attached hydrogens (tertiary/aromatic N) is 3. The van der Waals surface area contributed by atoms with E-state index in [2.05, 4.69) is 18.7 Å². The predicted molar refractivity (Wildman–Crippen MR) is 139 cm³/mol. The van der Waals surface area contributed by atoms with Gasteiger partial charge in [0.2, 0.25) is 5.88 Å². The van der Waals surface area contributed by atoms with Gasteiger partial charge in [-0.1, -0.05) is 38.1 Å². The summed E-state index contributed by atoms with van der Waals surface area (Å²) in [6.07, 6.45) is -0.499. The Morgan fingerprint density at radius 3 is 2.34 bits per heavy atom. The number of hydrogen-bond donors (Lipinski definition) is 1. The van der Waals surface area contributed by atoms with E-state index in [1.807, 2.05) is 80.1 Å². The quantitative estimate of drug-likeness (QED) is 0.361. The van der Waals surface area contributed by atoms with E-state index in [4.69, 9.17) is 19.3 Å². The van der Waals surface area contributed by atoms with Crippen LogP contribution in [0.3, 0.4) is 0 Å². The van der Waals surface area contributed by atoms with Crippen LogP contribution >= 0.6 is 0 Å². The molecule has 0 aliphatic heterocycles. The summed E-state index contributed by atoms with van der Waals surface area (Å²) in [4.78, 5) is 2.25. The molecular weight excluding hydrogens is 442 g/mol. The van der Waals surface area contributed by atoms with Crippen molar-refractivity contribution in [2.45, 2.75) is 53.4 Å². The zero-order chi connectivity index (χ0) is 25.4. The average molecular weight is 482 g/mol. The summed E-state index contributed by atoms with van der Waals surface area (Å²) in [6.45, 7) is 12.5. The van der Waals surface area contributed by atoms with Gasteiger partial charge in [0.25, 0.3) is 0 Å². The van der Waals surface area contributed by atoms with Gasteiger partial charge in [0.15, 0.2) is 0 Å². The second kappa shape index (κ2) is 12.7. The number of aliphatic hydroxyl groups excluding tert-OH is 1. The van der Waals surface area contributed by atoms with Gasteiger partial charge in [-0.25, -0.2) is 4.68 Å². The predicted octanol–water partition coefficient (Wildman–Crippen LogP) is 5.23. The Morgan fingerprint density at radius 1 is 0.971 bits per heavy atom. The topological polar surface area (TPSA) is 69.0 Å². The van der Waals surface area contributed by atoms with Crippen molar-refractivity contribution in [3.63, 3.8) is 0 Å². The van der Waals surface area contributed by atoms with Crippen molar-refractivity contribution in [2.75, 3.05) is 26.8 Å². The number of ether oxygens (including phenoxy) is 3. The largest absolute Gasteiger partial charge is 0.497 e. The standard InChI is InChI=1S/C28H39N3O4/c1-20(2)16-30(17-24(32)19-34-21(3)4)18-27-22(5)29-31(23-11-8-7-9-12-23)28(27)35-26-14-10-13-25(15-26)33-6/h7-15,20-21,24,32H,16-19H2,1-6H3. The highest BCUT2D eigenvalue weighted by molar-refractivity contribution is 5.44. The van der Waals surface area contributed by atoms with Crippen LogP contribution in [0.2, 0.25) is 0 Å². The van der Waals surface area contributed by atoms with E-state index < -0.39 is 6.10 Å². The maximum Gasteiger partial charge on any atom is 0.227 e. The van der Waals surface area contributed by atoms with Crippen molar-refractivity contribution < 1.29 is 19.3 Å². The van der Waals surface area contributed by atoms with Gasteiger partial charge >= 0.3 is 0 Å². The highest BCUT2D eigenvalue weighted by Crippen LogP contribution is 2.33. The minimum atomic E-state index is -0.580. The van der Waals surface area contributed by atoms with Crippen molar-refractivity contribution in [1.82, 2.24) is 14.7 Å². The molecule has 0 bridgehead atoms. The Balaban J connectivity index is 1.96. The molecule has 1 heterocycles. The zero-order valence-electron chi connectivity index (χ0n) is 21.8. The fraction of sp³-hybridized carbons (Fsp3) is 0.464. The molecule has 0 saturated heterocycles. The SMILES string of the molecule is COc1cccc(Oc2c(CN(CC(C)C)CC(O)COC(C)C)c(C)nn2-c2ccccc2)c1. The summed E-state index contributed by atoms with van der Waals surface area (Å²) < 4.78 is 19.3.